The highest BCUT2D eigenvalue weighted by Gasteiger charge is 2.31. The van der Waals surface area contributed by atoms with Crippen LogP contribution in [0.1, 0.15) is 0 Å². The van der Waals surface area contributed by atoms with Gasteiger partial charge in [0.05, 0.1) is 22.9 Å². The molecule has 1 aliphatic rings. The highest BCUT2D eigenvalue weighted by atomic mass is 32.2. The van der Waals surface area contributed by atoms with Crippen molar-refractivity contribution in [3.63, 3.8) is 0 Å². The summed E-state index contributed by atoms with van der Waals surface area (Å²) in [5.41, 5.74) is -0.784. The molecular weight excluding hydrogens is 409 g/mol. The van der Waals surface area contributed by atoms with Gasteiger partial charge in [0.2, 0.25) is 0 Å². The number of sulfonamides is 1. The molecule has 3 aromatic rings. The van der Waals surface area contributed by atoms with Crippen LogP contribution in [0.4, 0.5) is 15.1 Å². The van der Waals surface area contributed by atoms with Gasteiger partial charge < -0.3 is 20.1 Å². The second kappa shape index (κ2) is 6.85. The number of hydrogen-bond acceptors (Lipinski definition) is 7. The van der Waals surface area contributed by atoms with Crippen molar-refractivity contribution in [1.82, 2.24) is 4.98 Å². The largest absolute Gasteiger partial charge is 0.389 e. The van der Waals surface area contributed by atoms with E-state index >= 15 is 0 Å². The van der Waals surface area contributed by atoms with Crippen molar-refractivity contribution in [3.05, 3.63) is 52.7 Å². The van der Waals surface area contributed by atoms with E-state index in [2.05, 4.69) is 9.71 Å². The number of halogens is 1. The number of fused-ring (bicyclic) bond motifs is 1. The summed E-state index contributed by atoms with van der Waals surface area (Å²) in [6.45, 7) is 0.382. The van der Waals surface area contributed by atoms with Crippen LogP contribution in [0.2, 0.25) is 0 Å². The first kappa shape index (κ1) is 18.9. The van der Waals surface area contributed by atoms with Gasteiger partial charge in [-0.3, -0.25) is 9.52 Å². The number of nitrogens with one attached hydrogen (secondary N) is 2. The van der Waals surface area contributed by atoms with Gasteiger partial charge in [-0.05, 0) is 35.7 Å². The number of H-pyrrole nitrogens is 1. The van der Waals surface area contributed by atoms with E-state index in [1.165, 1.54) is 18.3 Å². The number of rotatable bonds is 4. The van der Waals surface area contributed by atoms with Gasteiger partial charge >= 0.3 is 0 Å². The zero-order valence-corrected chi connectivity index (χ0v) is 15.9. The fourth-order valence-electron chi connectivity index (χ4n) is 3.06. The van der Waals surface area contributed by atoms with Crippen LogP contribution in [0.15, 0.2) is 45.5 Å². The number of aliphatic hydroxyl groups excluding tert-OH is 2. The minimum Gasteiger partial charge on any atom is -0.389 e. The Balaban J connectivity index is 1.63. The first-order chi connectivity index (χ1) is 13.2. The van der Waals surface area contributed by atoms with Crippen molar-refractivity contribution in [3.8, 4) is 0 Å². The number of β-amino-alcohol motifs (C(OH)–C–C–N with tert-alkyl or cyclic N) is 2. The first-order valence-electron chi connectivity index (χ1n) is 8.29. The summed E-state index contributed by atoms with van der Waals surface area (Å²) in [6.07, 6.45) is -0.414. The summed E-state index contributed by atoms with van der Waals surface area (Å²) < 4.78 is 41.8. The van der Waals surface area contributed by atoms with Crippen LogP contribution >= 0.6 is 11.3 Å². The summed E-state index contributed by atoms with van der Waals surface area (Å²) in [5.74, 6) is -0.802. The molecule has 4 rings (SSSR count). The van der Waals surface area contributed by atoms with E-state index in [1.54, 1.807) is 11.0 Å². The Bertz CT molecular complexity index is 1200. The van der Waals surface area contributed by atoms with Gasteiger partial charge in [-0.15, -0.1) is 11.3 Å². The summed E-state index contributed by atoms with van der Waals surface area (Å²) in [6, 6.07) is 6.69. The van der Waals surface area contributed by atoms with E-state index in [4.69, 9.17) is 0 Å². The average Bonchev–Trinajstić information content (AvgIpc) is 3.24. The molecule has 3 heterocycles. The van der Waals surface area contributed by atoms with E-state index < -0.39 is 33.6 Å². The lowest BCUT2D eigenvalue weighted by molar-refractivity contribution is 0.0572. The van der Waals surface area contributed by atoms with Gasteiger partial charge in [-0.1, -0.05) is 0 Å². The molecule has 0 amide bonds. The van der Waals surface area contributed by atoms with E-state index in [0.717, 1.165) is 23.5 Å². The van der Waals surface area contributed by atoms with Gasteiger partial charge in [0.1, 0.15) is 10.0 Å². The van der Waals surface area contributed by atoms with Gasteiger partial charge in [-0.25, -0.2) is 12.8 Å². The molecule has 148 valence electrons. The lowest BCUT2D eigenvalue weighted by Crippen LogP contribution is -2.22. The fraction of sp³-hybridized carbons (Fsp3) is 0.235. The molecule has 8 nitrogen and oxygen atoms in total. The Morgan fingerprint density at radius 2 is 1.89 bits per heavy atom. The second-order valence-electron chi connectivity index (χ2n) is 6.46. The highest BCUT2D eigenvalue weighted by Crippen LogP contribution is 2.33. The maximum atomic E-state index is 14.3. The van der Waals surface area contributed by atoms with Crippen LogP contribution in [0.3, 0.4) is 0 Å². The van der Waals surface area contributed by atoms with Crippen molar-refractivity contribution in [1.29, 1.82) is 0 Å². The molecule has 2 aromatic heterocycles. The summed E-state index contributed by atoms with van der Waals surface area (Å²) in [7, 11) is -4.09. The summed E-state index contributed by atoms with van der Waals surface area (Å²) in [5, 5.41) is 20.4. The van der Waals surface area contributed by atoms with Crippen molar-refractivity contribution in [2.24, 2.45) is 0 Å². The molecule has 4 N–H and O–H groups in total. The van der Waals surface area contributed by atoms with Crippen molar-refractivity contribution in [2.45, 2.75) is 16.4 Å². The number of aromatic amines is 1. The van der Waals surface area contributed by atoms with E-state index in [0.29, 0.717) is 10.4 Å². The Labute approximate surface area is 162 Å². The predicted octanol–water partition coefficient (Wildman–Crippen LogP) is 1.07. The molecule has 1 saturated heterocycles. The maximum Gasteiger partial charge on any atom is 0.271 e. The molecule has 11 heteroatoms. The normalized spacial score (nSPS) is 20.0. The smallest absolute Gasteiger partial charge is 0.271 e. The van der Waals surface area contributed by atoms with Gasteiger partial charge in [0.25, 0.3) is 15.6 Å². The third kappa shape index (κ3) is 3.37. The van der Waals surface area contributed by atoms with Crippen LogP contribution < -0.4 is 15.2 Å². The number of thiophene rings is 1. The van der Waals surface area contributed by atoms with Crippen LogP contribution in [0, 0.1) is 5.82 Å². The van der Waals surface area contributed by atoms with Gasteiger partial charge in [0, 0.05) is 24.7 Å². The topological polar surface area (TPSA) is 123 Å². The Hall–Kier alpha value is -2.47. The number of aliphatic hydroxyl groups is 2. The Morgan fingerprint density at radius 3 is 2.61 bits per heavy atom. The average molecular weight is 425 g/mol. The summed E-state index contributed by atoms with van der Waals surface area (Å²) in [4.78, 5) is 16.0. The van der Waals surface area contributed by atoms with Crippen LogP contribution in [0.5, 0.6) is 0 Å². The maximum absolute atomic E-state index is 14.3. The van der Waals surface area contributed by atoms with E-state index in [9.17, 15) is 27.8 Å². The molecule has 0 aliphatic carbocycles. The standard InChI is InChI=1S/C17H16FN3O5S2/c18-11-5-9-3-4-19-17(24)10(9)6-12(11)20-28(25,26)16-2-1-15(27-16)21-7-13(22)14(23)8-21/h1-6,13-14,20,22-23H,7-8H2,(H,19,24)/t13-,14-/m1/s1. The Kier molecular flexibility index (Phi) is 4.62. The minimum absolute atomic E-state index is 0.0557. The highest BCUT2D eigenvalue weighted by molar-refractivity contribution is 7.94. The molecule has 1 aliphatic heterocycles. The molecule has 0 unspecified atom stereocenters. The quantitative estimate of drug-likeness (QED) is 0.496. The van der Waals surface area contributed by atoms with Crippen molar-refractivity contribution < 1.29 is 23.0 Å². The van der Waals surface area contributed by atoms with Crippen molar-refractivity contribution >= 4 is 42.8 Å². The number of anilines is 2. The third-order valence-corrected chi connectivity index (χ3v) is 7.51. The fourth-order valence-corrected chi connectivity index (χ4v) is 5.43. The number of pyridine rings is 1. The van der Waals surface area contributed by atoms with Gasteiger partial charge in [-0.2, -0.15) is 0 Å². The molecule has 0 radical (unpaired) electrons. The third-order valence-electron chi connectivity index (χ3n) is 4.51. The van der Waals surface area contributed by atoms with Crippen LogP contribution in [-0.2, 0) is 10.0 Å². The van der Waals surface area contributed by atoms with Crippen molar-refractivity contribution in [2.75, 3.05) is 22.7 Å². The number of hydrogen-bond donors (Lipinski definition) is 4. The first-order valence-corrected chi connectivity index (χ1v) is 10.6. The van der Waals surface area contributed by atoms with Gasteiger partial charge in [0.15, 0.2) is 0 Å². The molecule has 1 fully saturated rings. The zero-order chi connectivity index (χ0) is 20.1. The number of nitrogens with zero attached hydrogens (tertiary/aromatic N) is 1. The monoisotopic (exact) mass is 425 g/mol. The molecule has 0 spiro atoms. The SMILES string of the molecule is O=c1[nH]ccc2cc(F)c(NS(=O)(=O)c3ccc(N4C[C@@H](O)[C@H](O)C4)s3)cc12. The summed E-state index contributed by atoms with van der Waals surface area (Å²) >= 11 is 0.936. The molecular formula is C17H16FN3O5S2. The lowest BCUT2D eigenvalue weighted by Gasteiger charge is -2.14. The molecule has 0 bridgehead atoms. The second-order valence-corrected chi connectivity index (χ2v) is 9.44. The van der Waals surface area contributed by atoms with E-state index in [1.807, 2.05) is 0 Å². The minimum atomic E-state index is -4.09. The zero-order valence-electron chi connectivity index (χ0n) is 14.3. The number of benzene rings is 1. The molecule has 1 aromatic carbocycles. The van der Waals surface area contributed by atoms with E-state index in [-0.39, 0.29) is 28.4 Å². The molecule has 28 heavy (non-hydrogen) atoms. The lowest BCUT2D eigenvalue weighted by atomic mass is 10.1. The predicted molar refractivity (Wildman–Crippen MR) is 104 cm³/mol. The molecule has 0 saturated carbocycles. The molecule has 2 atom stereocenters. The number of aromatic nitrogens is 1. The van der Waals surface area contributed by atoms with Crippen LogP contribution in [-0.4, -0.2) is 48.9 Å². The van der Waals surface area contributed by atoms with Crippen LogP contribution in [0.25, 0.3) is 10.8 Å². The Morgan fingerprint density at radius 1 is 1.18 bits per heavy atom.